The number of carbonyl (C=O) groups excluding carboxylic acids is 2. The summed E-state index contributed by atoms with van der Waals surface area (Å²) in [6.45, 7) is 2.93. The van der Waals surface area contributed by atoms with Gasteiger partial charge in [0, 0.05) is 29.6 Å². The number of hydrogen-bond acceptors (Lipinski definition) is 4. The Morgan fingerprint density at radius 3 is 2.63 bits per heavy atom. The summed E-state index contributed by atoms with van der Waals surface area (Å²) in [5, 5.41) is 8.58. The maximum Gasteiger partial charge on any atom is 0.227 e. The molecule has 5 rings (SSSR count). The van der Waals surface area contributed by atoms with Crippen LogP contribution in [0.5, 0.6) is 0 Å². The molecule has 0 saturated heterocycles. The summed E-state index contributed by atoms with van der Waals surface area (Å²) in [7, 11) is 0. The van der Waals surface area contributed by atoms with Crippen molar-refractivity contribution >= 4 is 40.1 Å². The Bertz CT molecular complexity index is 1490. The van der Waals surface area contributed by atoms with E-state index in [1.54, 1.807) is 16.2 Å². The van der Waals surface area contributed by atoms with Crippen LogP contribution in [-0.2, 0) is 16.0 Å². The molecule has 6 heteroatoms. The molecular weight excluding hydrogens is 490 g/mol. The van der Waals surface area contributed by atoms with Gasteiger partial charge in [0.2, 0.25) is 5.91 Å². The maximum absolute atomic E-state index is 12.9. The van der Waals surface area contributed by atoms with Gasteiger partial charge in [-0.2, -0.15) is 11.3 Å². The van der Waals surface area contributed by atoms with Crippen molar-refractivity contribution in [3.8, 4) is 22.4 Å². The first-order valence-electron chi connectivity index (χ1n) is 12.8. The van der Waals surface area contributed by atoms with Crippen molar-refractivity contribution in [3.63, 3.8) is 0 Å². The summed E-state index contributed by atoms with van der Waals surface area (Å²) >= 11 is 1.69. The number of fused-ring (bicyclic) bond motifs is 1. The van der Waals surface area contributed by atoms with Crippen molar-refractivity contribution in [2.75, 3.05) is 18.4 Å². The lowest BCUT2D eigenvalue weighted by molar-refractivity contribution is -0.130. The first-order valence-corrected chi connectivity index (χ1v) is 13.7. The van der Waals surface area contributed by atoms with E-state index < -0.39 is 6.04 Å². The van der Waals surface area contributed by atoms with Gasteiger partial charge >= 0.3 is 0 Å². The van der Waals surface area contributed by atoms with Gasteiger partial charge in [0.05, 0.1) is 17.8 Å². The lowest BCUT2D eigenvalue weighted by Gasteiger charge is -2.26. The molecule has 0 aliphatic rings. The zero-order valence-electron chi connectivity index (χ0n) is 21.2. The molecular formula is C32H29N3O2S. The highest BCUT2D eigenvalue weighted by molar-refractivity contribution is 7.08. The fourth-order valence-corrected chi connectivity index (χ4v) is 5.21. The van der Waals surface area contributed by atoms with Crippen LogP contribution in [0, 0.1) is 12.1 Å². The molecule has 0 fully saturated rings. The molecule has 0 bridgehead atoms. The van der Waals surface area contributed by atoms with Crippen LogP contribution in [0.25, 0.3) is 33.3 Å². The zero-order valence-corrected chi connectivity index (χ0v) is 22.1. The SMILES string of the molecule is CCCN(CC(C=O)Nc1c#cc(-c2cc3cc(-c4ccsc4)ccc3[nH]2)cc1)C(=O)Cc1ccccc1. The topological polar surface area (TPSA) is 65.2 Å². The second kappa shape index (κ2) is 11.8. The normalized spacial score (nSPS) is 11.6. The van der Waals surface area contributed by atoms with Gasteiger partial charge in [-0.25, -0.2) is 0 Å². The van der Waals surface area contributed by atoms with Crippen molar-refractivity contribution in [1.29, 1.82) is 0 Å². The fourth-order valence-electron chi connectivity index (χ4n) is 4.54. The summed E-state index contributed by atoms with van der Waals surface area (Å²) in [5.74, 6) is 0.0126. The zero-order chi connectivity index (χ0) is 26.3. The number of benzene rings is 2. The number of H-pyrrole nitrogens is 1. The molecule has 2 N–H and O–H groups in total. The lowest BCUT2D eigenvalue weighted by atomic mass is 10.1. The molecule has 1 atom stereocenters. The largest absolute Gasteiger partial charge is 0.367 e. The average molecular weight is 520 g/mol. The summed E-state index contributed by atoms with van der Waals surface area (Å²) < 4.78 is 0. The molecule has 5 aromatic rings. The van der Waals surface area contributed by atoms with E-state index >= 15 is 0 Å². The molecule has 1 unspecified atom stereocenters. The van der Waals surface area contributed by atoms with E-state index in [2.05, 4.69) is 63.5 Å². The van der Waals surface area contributed by atoms with E-state index in [0.717, 1.165) is 40.4 Å². The van der Waals surface area contributed by atoms with E-state index in [4.69, 9.17) is 0 Å². The third-order valence-corrected chi connectivity index (χ3v) is 7.16. The summed E-state index contributed by atoms with van der Waals surface area (Å²) in [4.78, 5) is 30.1. The Balaban J connectivity index is 1.25. The van der Waals surface area contributed by atoms with Crippen molar-refractivity contribution in [2.45, 2.75) is 25.8 Å². The van der Waals surface area contributed by atoms with Gasteiger partial charge in [0.1, 0.15) is 12.3 Å². The quantitative estimate of drug-likeness (QED) is 0.193. The molecule has 0 spiro atoms. The molecule has 0 aliphatic carbocycles. The monoisotopic (exact) mass is 519 g/mol. The highest BCUT2D eigenvalue weighted by Gasteiger charge is 2.18. The number of aromatic nitrogens is 1. The lowest BCUT2D eigenvalue weighted by Crippen LogP contribution is -2.42. The number of aromatic amines is 1. The molecule has 2 heterocycles. The number of hydrogen-bond donors (Lipinski definition) is 2. The third kappa shape index (κ3) is 5.96. The van der Waals surface area contributed by atoms with Crippen molar-refractivity contribution in [3.05, 3.63) is 101 Å². The van der Waals surface area contributed by atoms with Crippen molar-refractivity contribution in [1.82, 2.24) is 9.88 Å². The number of anilines is 1. The second-order valence-electron chi connectivity index (χ2n) is 9.30. The fraction of sp³-hybridized carbons (Fsp3) is 0.188. The highest BCUT2D eigenvalue weighted by Crippen LogP contribution is 2.29. The molecule has 190 valence electrons. The highest BCUT2D eigenvalue weighted by atomic mass is 32.1. The van der Waals surface area contributed by atoms with E-state index in [0.29, 0.717) is 25.2 Å². The van der Waals surface area contributed by atoms with Crippen LogP contribution in [0.15, 0.2) is 83.6 Å². The Kier molecular flexibility index (Phi) is 7.86. The van der Waals surface area contributed by atoms with Gasteiger partial charge in [0.25, 0.3) is 0 Å². The van der Waals surface area contributed by atoms with Crippen LogP contribution in [0.1, 0.15) is 18.9 Å². The van der Waals surface area contributed by atoms with Gasteiger partial charge in [0.15, 0.2) is 0 Å². The minimum Gasteiger partial charge on any atom is -0.367 e. The number of aldehydes is 1. The van der Waals surface area contributed by atoms with Crippen molar-refractivity contribution < 1.29 is 9.59 Å². The summed E-state index contributed by atoms with van der Waals surface area (Å²) in [6, 6.07) is 30.0. The number of thiophene rings is 1. The predicted octanol–water partition coefficient (Wildman–Crippen LogP) is 6.62. The molecule has 5 nitrogen and oxygen atoms in total. The van der Waals surface area contributed by atoms with Crippen LogP contribution in [0.3, 0.4) is 0 Å². The minimum absolute atomic E-state index is 0.0126. The van der Waals surface area contributed by atoms with Crippen LogP contribution in [0.4, 0.5) is 5.69 Å². The Morgan fingerprint density at radius 2 is 1.92 bits per heavy atom. The summed E-state index contributed by atoms with van der Waals surface area (Å²) in [6.07, 6.45) is 1.99. The molecule has 0 radical (unpaired) electrons. The first kappa shape index (κ1) is 25.3. The summed E-state index contributed by atoms with van der Waals surface area (Å²) in [5.41, 5.74) is 6.94. The van der Waals surface area contributed by atoms with E-state index in [1.165, 1.54) is 11.1 Å². The molecule has 2 aromatic heterocycles. The molecule has 0 saturated carbocycles. The third-order valence-electron chi connectivity index (χ3n) is 6.48. The first-order chi connectivity index (χ1) is 18.6. The van der Waals surface area contributed by atoms with Crippen LogP contribution < -0.4 is 5.32 Å². The van der Waals surface area contributed by atoms with Gasteiger partial charge in [-0.3, -0.25) is 4.79 Å². The predicted molar refractivity (Wildman–Crippen MR) is 155 cm³/mol. The minimum atomic E-state index is -0.541. The number of nitrogens with one attached hydrogen (secondary N) is 2. The maximum atomic E-state index is 12.9. The van der Waals surface area contributed by atoms with Gasteiger partial charge < -0.3 is 20.0 Å². The van der Waals surface area contributed by atoms with Gasteiger partial charge in [-0.05, 0) is 76.3 Å². The average Bonchev–Trinajstić information content (AvgIpc) is 3.63. The van der Waals surface area contributed by atoms with E-state index in [-0.39, 0.29) is 5.91 Å². The van der Waals surface area contributed by atoms with E-state index in [9.17, 15) is 9.59 Å². The Hall–Kier alpha value is -4.34. The molecule has 1 amide bonds. The number of rotatable bonds is 11. The van der Waals surface area contributed by atoms with E-state index in [1.807, 2.05) is 49.4 Å². The standard InChI is InChI=1S/C32H29N3O2S/c1-2-15-35(32(37)17-23-6-4-3-5-7-23)20-29(21-36)33-28-11-8-24(9-12-28)31-19-27-18-25(10-13-30(27)34-31)26-14-16-38-22-26/h3-8,10-11,13-14,16,18-19,21-22,29,33-34H,2,15,17,20H2,1H3. The van der Waals surface area contributed by atoms with Crippen LogP contribution in [0.2, 0.25) is 0 Å². The van der Waals surface area contributed by atoms with Gasteiger partial charge in [-0.15, -0.1) is 0 Å². The molecule has 0 aliphatic heterocycles. The van der Waals surface area contributed by atoms with Crippen molar-refractivity contribution in [2.24, 2.45) is 0 Å². The number of amides is 1. The molecule has 3 aromatic carbocycles. The smallest absolute Gasteiger partial charge is 0.227 e. The Morgan fingerprint density at radius 1 is 1.05 bits per heavy atom. The number of nitrogens with zero attached hydrogens (tertiary/aromatic N) is 1. The Labute approximate surface area is 227 Å². The second-order valence-corrected chi connectivity index (χ2v) is 10.1. The molecule has 38 heavy (non-hydrogen) atoms. The van der Waals surface area contributed by atoms with Crippen LogP contribution >= 0.6 is 11.3 Å². The number of carbonyl (C=O) groups is 2. The van der Waals surface area contributed by atoms with Crippen LogP contribution in [-0.4, -0.2) is 41.2 Å². The van der Waals surface area contributed by atoms with Gasteiger partial charge in [-0.1, -0.05) is 49.4 Å².